The Morgan fingerprint density at radius 2 is 1.68 bits per heavy atom. The first-order chi connectivity index (χ1) is 15.2. The number of carbonyl (C=O) groups is 1. The van der Waals surface area contributed by atoms with Gasteiger partial charge >= 0.3 is 0 Å². The van der Waals surface area contributed by atoms with Crippen LogP contribution in [0.5, 0.6) is 11.5 Å². The van der Waals surface area contributed by atoms with Crippen LogP contribution in [-0.2, 0) is 11.3 Å². The van der Waals surface area contributed by atoms with Crippen molar-refractivity contribution in [3.63, 3.8) is 0 Å². The molecule has 0 aliphatic rings. The number of ether oxygens (including phenoxy) is 2. The number of hydrogen-bond acceptors (Lipinski definition) is 3. The summed E-state index contributed by atoms with van der Waals surface area (Å²) in [7, 11) is 3.25. The van der Waals surface area contributed by atoms with Gasteiger partial charge in [-0.1, -0.05) is 60.7 Å². The topological polar surface area (TPSA) is 63.3 Å². The second-order valence-electron chi connectivity index (χ2n) is 7.39. The SMILES string of the molecule is COc1cccc(C(CC(=O)NCc2ccccc2)c2c[nH]c3ccccc23)c1OC. The van der Waals surface area contributed by atoms with Crippen molar-refractivity contribution in [2.75, 3.05) is 14.2 Å². The molecule has 0 saturated carbocycles. The Morgan fingerprint density at radius 1 is 0.903 bits per heavy atom. The number of rotatable bonds is 8. The molecule has 0 bridgehead atoms. The monoisotopic (exact) mass is 414 g/mol. The van der Waals surface area contributed by atoms with E-state index in [1.807, 2.05) is 72.9 Å². The van der Waals surface area contributed by atoms with E-state index in [9.17, 15) is 4.79 Å². The zero-order valence-electron chi connectivity index (χ0n) is 17.7. The predicted octanol–water partition coefficient (Wildman–Crippen LogP) is 5.02. The van der Waals surface area contributed by atoms with Crippen LogP contribution in [0.25, 0.3) is 10.9 Å². The molecule has 31 heavy (non-hydrogen) atoms. The van der Waals surface area contributed by atoms with Gasteiger partial charge in [-0.2, -0.15) is 0 Å². The van der Waals surface area contributed by atoms with E-state index in [0.29, 0.717) is 18.0 Å². The zero-order valence-corrected chi connectivity index (χ0v) is 17.7. The molecule has 0 fully saturated rings. The second kappa shape index (κ2) is 9.39. The highest BCUT2D eigenvalue weighted by atomic mass is 16.5. The third kappa shape index (κ3) is 4.40. The normalized spacial score (nSPS) is 11.8. The number of methoxy groups -OCH3 is 2. The number of hydrogen-bond donors (Lipinski definition) is 2. The maximum Gasteiger partial charge on any atom is 0.221 e. The molecule has 0 saturated heterocycles. The van der Waals surface area contributed by atoms with E-state index in [4.69, 9.17) is 9.47 Å². The Bertz CT molecular complexity index is 1170. The van der Waals surface area contributed by atoms with Gasteiger partial charge in [0.25, 0.3) is 0 Å². The molecule has 3 aromatic carbocycles. The lowest BCUT2D eigenvalue weighted by Gasteiger charge is -2.21. The van der Waals surface area contributed by atoms with Gasteiger partial charge in [0.05, 0.1) is 14.2 Å². The molecular formula is C26H26N2O3. The highest BCUT2D eigenvalue weighted by Gasteiger charge is 2.25. The van der Waals surface area contributed by atoms with Gasteiger partial charge in [-0.25, -0.2) is 0 Å². The molecule has 158 valence electrons. The molecule has 2 N–H and O–H groups in total. The summed E-state index contributed by atoms with van der Waals surface area (Å²) in [4.78, 5) is 16.3. The second-order valence-corrected chi connectivity index (χ2v) is 7.39. The molecule has 5 heteroatoms. The maximum absolute atomic E-state index is 13.0. The molecule has 1 unspecified atom stereocenters. The number of amides is 1. The number of para-hydroxylation sites is 2. The lowest BCUT2D eigenvalue weighted by atomic mass is 9.87. The first-order valence-electron chi connectivity index (χ1n) is 10.3. The number of aromatic amines is 1. The average molecular weight is 415 g/mol. The Balaban J connectivity index is 1.69. The average Bonchev–Trinajstić information content (AvgIpc) is 3.25. The summed E-state index contributed by atoms with van der Waals surface area (Å²) in [5, 5.41) is 4.15. The Labute approximate surface area is 182 Å². The first-order valence-corrected chi connectivity index (χ1v) is 10.3. The molecule has 0 spiro atoms. The van der Waals surface area contributed by atoms with Gasteiger partial charge < -0.3 is 19.8 Å². The fourth-order valence-corrected chi connectivity index (χ4v) is 4.01. The highest BCUT2D eigenvalue weighted by molar-refractivity contribution is 5.86. The van der Waals surface area contributed by atoms with E-state index < -0.39 is 0 Å². The van der Waals surface area contributed by atoms with Crippen LogP contribution in [0.1, 0.15) is 29.0 Å². The first kappa shape index (κ1) is 20.5. The number of H-pyrrole nitrogens is 1. The van der Waals surface area contributed by atoms with Crippen LogP contribution in [0, 0.1) is 0 Å². The van der Waals surface area contributed by atoms with Gasteiger partial charge in [-0.3, -0.25) is 4.79 Å². The van der Waals surface area contributed by atoms with Crippen molar-refractivity contribution in [2.24, 2.45) is 0 Å². The molecule has 1 atom stereocenters. The van der Waals surface area contributed by atoms with Gasteiger partial charge in [-0.15, -0.1) is 0 Å². The van der Waals surface area contributed by atoms with Crippen molar-refractivity contribution in [1.82, 2.24) is 10.3 Å². The number of carbonyl (C=O) groups excluding carboxylic acids is 1. The summed E-state index contributed by atoms with van der Waals surface area (Å²) in [6, 6.07) is 23.8. The van der Waals surface area contributed by atoms with Gasteiger partial charge in [0.15, 0.2) is 11.5 Å². The lowest BCUT2D eigenvalue weighted by molar-refractivity contribution is -0.121. The summed E-state index contributed by atoms with van der Waals surface area (Å²) in [5.41, 5.74) is 4.07. The summed E-state index contributed by atoms with van der Waals surface area (Å²) in [5.74, 6) is 1.08. The van der Waals surface area contributed by atoms with E-state index >= 15 is 0 Å². The number of benzene rings is 3. The van der Waals surface area contributed by atoms with Crippen molar-refractivity contribution in [2.45, 2.75) is 18.9 Å². The van der Waals surface area contributed by atoms with Crippen LogP contribution in [-0.4, -0.2) is 25.1 Å². The minimum Gasteiger partial charge on any atom is -0.493 e. The standard InChI is InChI=1S/C26H26N2O3/c1-30-24-14-8-12-20(26(24)31-2)21(22-17-27-23-13-7-6-11-19(22)23)15-25(29)28-16-18-9-4-3-5-10-18/h3-14,17,21,27H,15-16H2,1-2H3,(H,28,29). The molecule has 0 aliphatic carbocycles. The van der Waals surface area contributed by atoms with E-state index in [1.54, 1.807) is 14.2 Å². The van der Waals surface area contributed by atoms with Gasteiger partial charge in [-0.05, 0) is 23.3 Å². The summed E-state index contributed by atoms with van der Waals surface area (Å²) in [6.07, 6.45) is 2.27. The molecule has 5 nitrogen and oxygen atoms in total. The fourth-order valence-electron chi connectivity index (χ4n) is 4.01. The molecule has 1 aromatic heterocycles. The predicted molar refractivity (Wildman–Crippen MR) is 123 cm³/mol. The largest absolute Gasteiger partial charge is 0.493 e. The van der Waals surface area contributed by atoms with Gasteiger partial charge in [0, 0.05) is 41.5 Å². The quantitative estimate of drug-likeness (QED) is 0.425. The van der Waals surface area contributed by atoms with Crippen LogP contribution in [0.2, 0.25) is 0 Å². The molecule has 1 heterocycles. The van der Waals surface area contributed by atoms with Crippen molar-refractivity contribution in [3.05, 3.63) is 95.7 Å². The van der Waals surface area contributed by atoms with Crippen LogP contribution in [0.4, 0.5) is 0 Å². The lowest BCUT2D eigenvalue weighted by Crippen LogP contribution is -2.25. The van der Waals surface area contributed by atoms with E-state index in [2.05, 4.69) is 16.4 Å². The summed E-state index contributed by atoms with van der Waals surface area (Å²) >= 11 is 0. The minimum atomic E-state index is -0.197. The third-order valence-corrected chi connectivity index (χ3v) is 5.53. The minimum absolute atomic E-state index is 0.0241. The van der Waals surface area contributed by atoms with Crippen molar-refractivity contribution < 1.29 is 14.3 Å². The Kier molecular flexibility index (Phi) is 6.22. The fraction of sp³-hybridized carbons (Fsp3) is 0.192. The van der Waals surface area contributed by atoms with E-state index in [-0.39, 0.29) is 18.2 Å². The van der Waals surface area contributed by atoms with Crippen LogP contribution >= 0.6 is 0 Å². The number of aromatic nitrogens is 1. The van der Waals surface area contributed by atoms with Crippen LogP contribution in [0.3, 0.4) is 0 Å². The summed E-state index contributed by atoms with van der Waals surface area (Å²) in [6.45, 7) is 0.496. The Hall–Kier alpha value is -3.73. The zero-order chi connectivity index (χ0) is 21.6. The highest BCUT2D eigenvalue weighted by Crippen LogP contribution is 2.41. The smallest absolute Gasteiger partial charge is 0.221 e. The molecule has 0 aliphatic heterocycles. The van der Waals surface area contributed by atoms with E-state index in [1.165, 1.54) is 0 Å². The van der Waals surface area contributed by atoms with Crippen molar-refractivity contribution in [1.29, 1.82) is 0 Å². The number of fused-ring (bicyclic) bond motifs is 1. The number of nitrogens with one attached hydrogen (secondary N) is 2. The maximum atomic E-state index is 13.0. The van der Waals surface area contributed by atoms with Crippen molar-refractivity contribution in [3.8, 4) is 11.5 Å². The van der Waals surface area contributed by atoms with Crippen LogP contribution in [0.15, 0.2) is 79.0 Å². The van der Waals surface area contributed by atoms with E-state index in [0.717, 1.165) is 27.6 Å². The molecule has 0 radical (unpaired) electrons. The molecule has 4 aromatic rings. The van der Waals surface area contributed by atoms with Gasteiger partial charge in [0.1, 0.15) is 0 Å². The van der Waals surface area contributed by atoms with Crippen molar-refractivity contribution >= 4 is 16.8 Å². The summed E-state index contributed by atoms with van der Waals surface area (Å²) < 4.78 is 11.2. The Morgan fingerprint density at radius 3 is 2.45 bits per heavy atom. The third-order valence-electron chi connectivity index (χ3n) is 5.53. The van der Waals surface area contributed by atoms with Gasteiger partial charge in [0.2, 0.25) is 5.91 Å². The molecule has 4 rings (SSSR count). The molecular weight excluding hydrogens is 388 g/mol. The van der Waals surface area contributed by atoms with Crippen LogP contribution < -0.4 is 14.8 Å². The molecule has 1 amide bonds.